The van der Waals surface area contributed by atoms with Gasteiger partial charge < -0.3 is 14.6 Å². The van der Waals surface area contributed by atoms with Gasteiger partial charge in [0.15, 0.2) is 16.8 Å². The molecule has 1 N–H and O–H groups in total. The molecule has 33 heavy (non-hydrogen) atoms. The molecule has 1 amide bonds. The van der Waals surface area contributed by atoms with Crippen molar-refractivity contribution in [1.29, 1.82) is 0 Å². The molecule has 0 fully saturated rings. The van der Waals surface area contributed by atoms with E-state index in [1.807, 2.05) is 54.9 Å². The SMILES string of the molecule is CC(=O)c1ccc(NC(=O)[C@H](C)Sc2nnc(COc3ccc4ccccc4c3)n2C)cc1. The molecule has 4 rings (SSSR count). The van der Waals surface area contributed by atoms with Crippen molar-refractivity contribution in [1.82, 2.24) is 14.8 Å². The molecule has 0 saturated heterocycles. The lowest BCUT2D eigenvalue weighted by molar-refractivity contribution is -0.115. The molecule has 3 aromatic carbocycles. The molecule has 0 unspecified atom stereocenters. The van der Waals surface area contributed by atoms with Crippen molar-refractivity contribution >= 4 is 39.9 Å². The summed E-state index contributed by atoms with van der Waals surface area (Å²) in [5.41, 5.74) is 1.24. The standard InChI is InChI=1S/C25H24N4O3S/c1-16(30)18-8-11-21(12-9-18)26-24(31)17(2)33-25-28-27-23(29(25)3)15-32-22-13-10-19-6-4-5-7-20(19)14-22/h4-14,17H,15H2,1-3H3,(H,26,31)/t17-/m0/s1. The number of nitrogens with zero attached hydrogens (tertiary/aromatic N) is 3. The quantitative estimate of drug-likeness (QED) is 0.298. The maximum atomic E-state index is 12.6. The number of fused-ring (bicyclic) bond motifs is 1. The maximum absolute atomic E-state index is 12.6. The lowest BCUT2D eigenvalue weighted by atomic mass is 10.1. The fourth-order valence-electron chi connectivity index (χ4n) is 3.22. The van der Waals surface area contributed by atoms with Crippen LogP contribution in [0.1, 0.15) is 30.0 Å². The van der Waals surface area contributed by atoms with Crippen LogP contribution in [-0.4, -0.2) is 31.7 Å². The van der Waals surface area contributed by atoms with Crippen molar-refractivity contribution in [3.05, 3.63) is 78.1 Å². The minimum atomic E-state index is -0.394. The molecule has 0 spiro atoms. The number of anilines is 1. The van der Waals surface area contributed by atoms with Gasteiger partial charge in [-0.3, -0.25) is 9.59 Å². The number of hydrogen-bond donors (Lipinski definition) is 1. The van der Waals surface area contributed by atoms with Crippen LogP contribution in [0.3, 0.4) is 0 Å². The number of Topliss-reactive ketones (excluding diaryl/α,β-unsaturated/α-hetero) is 1. The van der Waals surface area contributed by atoms with Crippen LogP contribution in [-0.2, 0) is 18.4 Å². The second-order valence-corrected chi connectivity index (χ2v) is 8.95. The summed E-state index contributed by atoms with van der Waals surface area (Å²) >= 11 is 1.32. The average molecular weight is 461 g/mol. The Morgan fingerprint density at radius 3 is 2.48 bits per heavy atom. The Bertz CT molecular complexity index is 1300. The van der Waals surface area contributed by atoms with E-state index in [1.165, 1.54) is 18.7 Å². The summed E-state index contributed by atoms with van der Waals surface area (Å²) in [6.07, 6.45) is 0. The molecule has 8 heteroatoms. The minimum Gasteiger partial charge on any atom is -0.486 e. The molecule has 7 nitrogen and oxygen atoms in total. The highest BCUT2D eigenvalue weighted by atomic mass is 32.2. The molecule has 0 aliphatic carbocycles. The molecule has 1 heterocycles. The summed E-state index contributed by atoms with van der Waals surface area (Å²) in [6.45, 7) is 3.59. The van der Waals surface area contributed by atoms with Gasteiger partial charge in [-0.2, -0.15) is 0 Å². The summed E-state index contributed by atoms with van der Waals surface area (Å²) in [5.74, 6) is 1.25. The fourth-order valence-corrected chi connectivity index (χ4v) is 4.06. The number of nitrogens with one attached hydrogen (secondary N) is 1. The van der Waals surface area contributed by atoms with Gasteiger partial charge in [-0.15, -0.1) is 10.2 Å². The van der Waals surface area contributed by atoms with Gasteiger partial charge in [0.2, 0.25) is 5.91 Å². The van der Waals surface area contributed by atoms with Crippen LogP contribution in [0.25, 0.3) is 10.8 Å². The smallest absolute Gasteiger partial charge is 0.237 e. The summed E-state index contributed by atoms with van der Waals surface area (Å²) in [6, 6.07) is 20.9. The fraction of sp³-hybridized carbons (Fsp3) is 0.200. The molecule has 0 aliphatic heterocycles. The first-order valence-electron chi connectivity index (χ1n) is 10.5. The molecule has 0 saturated carbocycles. The van der Waals surface area contributed by atoms with Gasteiger partial charge in [-0.1, -0.05) is 42.1 Å². The largest absolute Gasteiger partial charge is 0.486 e. The van der Waals surface area contributed by atoms with Crippen LogP contribution in [0.4, 0.5) is 5.69 Å². The average Bonchev–Trinajstić information content (AvgIpc) is 3.16. The normalized spacial score (nSPS) is 11.8. The van der Waals surface area contributed by atoms with E-state index in [9.17, 15) is 9.59 Å². The van der Waals surface area contributed by atoms with Gasteiger partial charge in [-0.05, 0) is 61.0 Å². The zero-order valence-corrected chi connectivity index (χ0v) is 19.4. The van der Waals surface area contributed by atoms with E-state index in [2.05, 4.69) is 21.6 Å². The van der Waals surface area contributed by atoms with Gasteiger partial charge in [0.05, 0.1) is 5.25 Å². The van der Waals surface area contributed by atoms with E-state index in [0.29, 0.717) is 22.2 Å². The topological polar surface area (TPSA) is 86.1 Å². The highest BCUT2D eigenvalue weighted by Gasteiger charge is 2.19. The number of amides is 1. The highest BCUT2D eigenvalue weighted by molar-refractivity contribution is 8.00. The van der Waals surface area contributed by atoms with Gasteiger partial charge >= 0.3 is 0 Å². The number of benzene rings is 3. The Balaban J connectivity index is 1.35. The molecule has 0 radical (unpaired) electrons. The first-order chi connectivity index (χ1) is 15.9. The minimum absolute atomic E-state index is 0.0144. The van der Waals surface area contributed by atoms with Crippen LogP contribution in [0.5, 0.6) is 5.75 Å². The number of rotatable bonds is 8. The van der Waals surface area contributed by atoms with Crippen LogP contribution in [0.2, 0.25) is 0 Å². The summed E-state index contributed by atoms with van der Waals surface area (Å²) < 4.78 is 7.75. The summed E-state index contributed by atoms with van der Waals surface area (Å²) in [5, 5.41) is 13.8. The molecule has 1 atom stereocenters. The van der Waals surface area contributed by atoms with Crippen LogP contribution < -0.4 is 10.1 Å². The number of ketones is 1. The van der Waals surface area contributed by atoms with Crippen molar-refractivity contribution in [3.8, 4) is 5.75 Å². The summed E-state index contributed by atoms with van der Waals surface area (Å²) in [7, 11) is 1.85. The lowest BCUT2D eigenvalue weighted by Crippen LogP contribution is -2.22. The Hall–Kier alpha value is -3.65. The third-order valence-electron chi connectivity index (χ3n) is 5.22. The first-order valence-corrected chi connectivity index (χ1v) is 11.4. The predicted molar refractivity (Wildman–Crippen MR) is 130 cm³/mol. The lowest BCUT2D eigenvalue weighted by Gasteiger charge is -2.12. The van der Waals surface area contributed by atoms with E-state index < -0.39 is 5.25 Å². The van der Waals surface area contributed by atoms with Gasteiger partial charge in [-0.25, -0.2) is 0 Å². The van der Waals surface area contributed by atoms with Crippen LogP contribution in [0, 0.1) is 0 Å². The Morgan fingerprint density at radius 1 is 1.03 bits per heavy atom. The van der Waals surface area contributed by atoms with Crippen LogP contribution >= 0.6 is 11.8 Å². The monoisotopic (exact) mass is 460 g/mol. The number of hydrogen-bond acceptors (Lipinski definition) is 6. The van der Waals surface area contributed by atoms with Crippen LogP contribution in [0.15, 0.2) is 71.9 Å². The Morgan fingerprint density at radius 2 is 1.76 bits per heavy atom. The van der Waals surface area contributed by atoms with Crippen molar-refractivity contribution in [2.45, 2.75) is 30.9 Å². The van der Waals surface area contributed by atoms with E-state index in [0.717, 1.165) is 16.5 Å². The number of carbonyl (C=O) groups excluding carboxylic acids is 2. The number of thioether (sulfide) groups is 1. The van der Waals surface area contributed by atoms with Gasteiger partial charge in [0.25, 0.3) is 0 Å². The van der Waals surface area contributed by atoms with E-state index >= 15 is 0 Å². The zero-order chi connectivity index (χ0) is 23.4. The first kappa shape index (κ1) is 22.5. The Kier molecular flexibility index (Phi) is 6.74. The van der Waals surface area contributed by atoms with E-state index in [1.54, 1.807) is 24.3 Å². The molecule has 0 aliphatic rings. The van der Waals surface area contributed by atoms with E-state index in [4.69, 9.17) is 4.74 Å². The van der Waals surface area contributed by atoms with Gasteiger partial charge in [0.1, 0.15) is 12.4 Å². The second kappa shape index (κ2) is 9.87. The van der Waals surface area contributed by atoms with Crippen molar-refractivity contribution in [3.63, 3.8) is 0 Å². The summed E-state index contributed by atoms with van der Waals surface area (Å²) in [4.78, 5) is 24.0. The predicted octanol–water partition coefficient (Wildman–Crippen LogP) is 4.87. The molecule has 1 aromatic heterocycles. The van der Waals surface area contributed by atoms with Gasteiger partial charge in [0, 0.05) is 18.3 Å². The highest BCUT2D eigenvalue weighted by Crippen LogP contribution is 2.24. The third-order valence-corrected chi connectivity index (χ3v) is 6.36. The Labute approximate surface area is 196 Å². The second-order valence-electron chi connectivity index (χ2n) is 7.64. The maximum Gasteiger partial charge on any atom is 0.237 e. The molecule has 168 valence electrons. The third kappa shape index (κ3) is 5.40. The molecular weight excluding hydrogens is 436 g/mol. The van der Waals surface area contributed by atoms with Crippen molar-refractivity contribution in [2.75, 3.05) is 5.32 Å². The van der Waals surface area contributed by atoms with E-state index in [-0.39, 0.29) is 18.3 Å². The molecule has 4 aromatic rings. The van der Waals surface area contributed by atoms with Crippen molar-refractivity contribution < 1.29 is 14.3 Å². The zero-order valence-electron chi connectivity index (χ0n) is 18.6. The number of aromatic nitrogens is 3. The van der Waals surface area contributed by atoms with Crippen molar-refractivity contribution in [2.24, 2.45) is 7.05 Å². The molecular formula is C25H24N4O3S. The number of carbonyl (C=O) groups is 2. The number of ether oxygens (including phenoxy) is 1. The molecule has 0 bridgehead atoms.